The molecule has 1 aliphatic rings. The molecule has 3 nitrogen and oxygen atoms in total. The topological polar surface area (TPSA) is 29.5 Å². The van der Waals surface area contributed by atoms with Crippen molar-refractivity contribution >= 4 is 6.09 Å². The average molecular weight is 225 g/mol. The van der Waals surface area contributed by atoms with Gasteiger partial charge in [-0.1, -0.05) is 13.0 Å². The van der Waals surface area contributed by atoms with Gasteiger partial charge in [0.25, 0.3) is 0 Å². The number of amides is 1. The van der Waals surface area contributed by atoms with Gasteiger partial charge in [0.2, 0.25) is 0 Å². The predicted molar refractivity (Wildman–Crippen MR) is 65.3 cm³/mol. The molecule has 0 aromatic rings. The summed E-state index contributed by atoms with van der Waals surface area (Å²) in [5.74, 6) is 0. The summed E-state index contributed by atoms with van der Waals surface area (Å²) in [5.41, 5.74) is -0.154. The van der Waals surface area contributed by atoms with Gasteiger partial charge < -0.3 is 9.64 Å². The molecule has 0 aromatic heterocycles. The van der Waals surface area contributed by atoms with Crippen LogP contribution < -0.4 is 0 Å². The van der Waals surface area contributed by atoms with Crippen LogP contribution in [-0.2, 0) is 4.74 Å². The first kappa shape index (κ1) is 13.1. The highest BCUT2D eigenvalue weighted by Crippen LogP contribution is 2.38. The molecule has 0 bridgehead atoms. The maximum Gasteiger partial charge on any atom is 0.410 e. The monoisotopic (exact) mass is 225 g/mol. The van der Waals surface area contributed by atoms with Crippen LogP contribution in [0, 0.1) is 5.41 Å². The first-order chi connectivity index (χ1) is 7.32. The maximum absolute atomic E-state index is 11.7. The Labute approximate surface area is 98.5 Å². The second-order valence-electron chi connectivity index (χ2n) is 5.68. The summed E-state index contributed by atoms with van der Waals surface area (Å²) in [5, 5.41) is 0. The lowest BCUT2D eigenvalue weighted by Gasteiger charge is -2.49. The molecule has 1 aliphatic heterocycles. The summed E-state index contributed by atoms with van der Waals surface area (Å²) >= 11 is 0. The molecule has 1 amide bonds. The Morgan fingerprint density at radius 3 is 2.44 bits per heavy atom. The Morgan fingerprint density at radius 2 is 2.06 bits per heavy atom. The molecule has 1 fully saturated rings. The van der Waals surface area contributed by atoms with Crippen LogP contribution >= 0.6 is 0 Å². The molecule has 0 radical (unpaired) electrons. The van der Waals surface area contributed by atoms with E-state index in [-0.39, 0.29) is 11.5 Å². The molecular formula is C13H23NO2. The smallest absolute Gasteiger partial charge is 0.410 e. The second-order valence-corrected chi connectivity index (χ2v) is 5.68. The molecule has 92 valence electrons. The van der Waals surface area contributed by atoms with E-state index in [1.54, 1.807) is 4.90 Å². The van der Waals surface area contributed by atoms with Gasteiger partial charge in [-0.2, -0.15) is 0 Å². The lowest BCUT2D eigenvalue weighted by molar-refractivity contribution is -0.0347. The van der Waals surface area contributed by atoms with E-state index in [0.717, 1.165) is 25.9 Å². The molecule has 0 atom stereocenters. The van der Waals surface area contributed by atoms with Gasteiger partial charge in [0.15, 0.2) is 0 Å². The number of hydrogen-bond donors (Lipinski definition) is 0. The van der Waals surface area contributed by atoms with E-state index in [2.05, 4.69) is 13.5 Å². The van der Waals surface area contributed by atoms with E-state index < -0.39 is 5.60 Å². The van der Waals surface area contributed by atoms with Gasteiger partial charge in [-0.3, -0.25) is 0 Å². The number of allylic oxidation sites excluding steroid dienone is 1. The molecule has 1 saturated heterocycles. The van der Waals surface area contributed by atoms with Gasteiger partial charge in [-0.05, 0) is 33.6 Å². The lowest BCUT2D eigenvalue weighted by Crippen LogP contribution is -2.58. The molecule has 1 heterocycles. The van der Waals surface area contributed by atoms with Crippen LogP contribution in [0.1, 0.15) is 40.5 Å². The van der Waals surface area contributed by atoms with Gasteiger partial charge in [0, 0.05) is 18.5 Å². The van der Waals surface area contributed by atoms with Crippen molar-refractivity contribution < 1.29 is 9.53 Å². The van der Waals surface area contributed by atoms with Gasteiger partial charge in [0.1, 0.15) is 5.60 Å². The van der Waals surface area contributed by atoms with Gasteiger partial charge in [-0.15, -0.1) is 6.58 Å². The molecule has 0 spiro atoms. The number of nitrogens with zero attached hydrogens (tertiary/aromatic N) is 1. The fraction of sp³-hybridized carbons (Fsp3) is 0.769. The van der Waals surface area contributed by atoms with Crippen molar-refractivity contribution in [3.63, 3.8) is 0 Å². The van der Waals surface area contributed by atoms with E-state index in [9.17, 15) is 4.79 Å². The van der Waals surface area contributed by atoms with E-state index in [0.29, 0.717) is 0 Å². The summed E-state index contributed by atoms with van der Waals surface area (Å²) in [6.45, 7) is 13.2. The highest BCUT2D eigenvalue weighted by Gasteiger charge is 2.44. The first-order valence-corrected chi connectivity index (χ1v) is 5.91. The Morgan fingerprint density at radius 1 is 1.50 bits per heavy atom. The van der Waals surface area contributed by atoms with Crippen LogP contribution in [0.25, 0.3) is 0 Å². The molecule has 0 N–H and O–H groups in total. The molecule has 3 heteroatoms. The zero-order valence-electron chi connectivity index (χ0n) is 10.9. The van der Waals surface area contributed by atoms with Crippen molar-refractivity contribution in [2.45, 2.75) is 46.1 Å². The quantitative estimate of drug-likeness (QED) is 0.690. The average Bonchev–Trinajstić information content (AvgIpc) is 2.07. The number of rotatable bonds is 3. The zero-order valence-corrected chi connectivity index (χ0v) is 10.9. The number of carbonyl (C=O) groups is 1. The summed E-state index contributed by atoms with van der Waals surface area (Å²) in [4.78, 5) is 13.5. The highest BCUT2D eigenvalue weighted by atomic mass is 16.6. The minimum atomic E-state index is -0.403. The Bertz CT molecular complexity index is 272. The lowest BCUT2D eigenvalue weighted by atomic mass is 9.75. The third-order valence-corrected chi connectivity index (χ3v) is 3.03. The van der Waals surface area contributed by atoms with E-state index >= 15 is 0 Å². The minimum absolute atomic E-state index is 0.194. The largest absolute Gasteiger partial charge is 0.444 e. The number of ether oxygens (including phenoxy) is 1. The van der Waals surface area contributed by atoms with Crippen molar-refractivity contribution in [2.75, 3.05) is 13.1 Å². The van der Waals surface area contributed by atoms with Crippen molar-refractivity contribution in [1.29, 1.82) is 0 Å². The summed E-state index contributed by atoms with van der Waals surface area (Å²) in [6, 6.07) is 0. The molecule has 0 aromatic carbocycles. The third-order valence-electron chi connectivity index (χ3n) is 3.03. The second kappa shape index (κ2) is 4.48. The van der Waals surface area contributed by atoms with Crippen LogP contribution in [0.4, 0.5) is 4.79 Å². The van der Waals surface area contributed by atoms with Crippen LogP contribution in [0.15, 0.2) is 12.7 Å². The van der Waals surface area contributed by atoms with Crippen LogP contribution in [-0.4, -0.2) is 29.7 Å². The van der Waals surface area contributed by atoms with Crippen LogP contribution in [0.2, 0.25) is 0 Å². The summed E-state index contributed by atoms with van der Waals surface area (Å²) in [7, 11) is 0. The van der Waals surface area contributed by atoms with E-state index in [1.165, 1.54) is 0 Å². The Hall–Kier alpha value is -0.990. The molecule has 16 heavy (non-hydrogen) atoms. The van der Waals surface area contributed by atoms with E-state index in [4.69, 9.17) is 4.74 Å². The van der Waals surface area contributed by atoms with Gasteiger partial charge in [-0.25, -0.2) is 4.79 Å². The molecule has 1 rings (SSSR count). The number of hydrogen-bond acceptors (Lipinski definition) is 2. The fourth-order valence-electron chi connectivity index (χ4n) is 2.02. The summed E-state index contributed by atoms with van der Waals surface area (Å²) < 4.78 is 5.32. The van der Waals surface area contributed by atoms with Crippen molar-refractivity contribution in [2.24, 2.45) is 5.41 Å². The minimum Gasteiger partial charge on any atom is -0.444 e. The standard InChI is InChI=1S/C13H23NO2/c1-6-8-13(7-2)9-14(10-13)11(15)16-12(3,4)5/h6H,1,7-10H2,2-5H3. The molecule has 0 unspecified atom stereocenters. The Balaban J connectivity index is 2.45. The van der Waals surface area contributed by atoms with Crippen molar-refractivity contribution in [3.05, 3.63) is 12.7 Å². The van der Waals surface area contributed by atoms with Crippen molar-refractivity contribution in [3.8, 4) is 0 Å². The Kier molecular flexibility index (Phi) is 3.66. The number of likely N-dealkylation sites (tertiary alicyclic amines) is 1. The molecular weight excluding hydrogens is 202 g/mol. The highest BCUT2D eigenvalue weighted by molar-refractivity contribution is 5.69. The zero-order chi connectivity index (χ0) is 12.4. The maximum atomic E-state index is 11.7. The SMILES string of the molecule is C=CCC1(CC)CN(C(=O)OC(C)(C)C)C1. The predicted octanol–water partition coefficient (Wildman–Crippen LogP) is 3.21. The van der Waals surface area contributed by atoms with Crippen LogP contribution in [0.5, 0.6) is 0 Å². The molecule has 0 aliphatic carbocycles. The first-order valence-electron chi connectivity index (χ1n) is 5.91. The number of carbonyl (C=O) groups excluding carboxylic acids is 1. The van der Waals surface area contributed by atoms with E-state index in [1.807, 2.05) is 26.8 Å². The van der Waals surface area contributed by atoms with Gasteiger partial charge >= 0.3 is 6.09 Å². The van der Waals surface area contributed by atoms with Gasteiger partial charge in [0.05, 0.1) is 0 Å². The van der Waals surface area contributed by atoms with Crippen LogP contribution in [0.3, 0.4) is 0 Å². The third kappa shape index (κ3) is 3.00. The molecule has 0 saturated carbocycles. The normalized spacial score (nSPS) is 18.9. The summed E-state index contributed by atoms with van der Waals surface area (Å²) in [6.07, 6.45) is 3.80. The van der Waals surface area contributed by atoms with Crippen molar-refractivity contribution in [1.82, 2.24) is 4.90 Å². The fourth-order valence-corrected chi connectivity index (χ4v) is 2.02.